The summed E-state index contributed by atoms with van der Waals surface area (Å²) in [5.41, 5.74) is 0. The van der Waals surface area contributed by atoms with Crippen LogP contribution in [0.2, 0.25) is 10.0 Å². The van der Waals surface area contributed by atoms with E-state index in [9.17, 15) is 17.6 Å². The van der Waals surface area contributed by atoms with Gasteiger partial charge in [0.1, 0.15) is 16.8 Å². The maximum Gasteiger partial charge on any atom is 0.321 e. The third kappa shape index (κ3) is 4.05. The average Bonchev–Trinajstić information content (AvgIpc) is 2.25. The lowest BCUT2D eigenvalue weighted by Gasteiger charge is -2.15. The van der Waals surface area contributed by atoms with Gasteiger partial charge in [-0.05, 0) is 18.6 Å². The molecule has 2 N–H and O–H groups in total. The van der Waals surface area contributed by atoms with Crippen molar-refractivity contribution in [2.45, 2.75) is 30.7 Å². The first-order chi connectivity index (χ1) is 9.19. The van der Waals surface area contributed by atoms with Gasteiger partial charge in [-0.2, -0.15) is 4.72 Å². The van der Waals surface area contributed by atoms with Crippen LogP contribution < -0.4 is 4.72 Å². The number of benzene rings is 1. The third-order valence-electron chi connectivity index (χ3n) is 2.40. The van der Waals surface area contributed by atoms with Crippen molar-refractivity contribution in [3.63, 3.8) is 0 Å². The number of hydrogen-bond acceptors (Lipinski definition) is 3. The zero-order chi connectivity index (χ0) is 15.5. The molecule has 0 aliphatic heterocycles. The van der Waals surface area contributed by atoms with Gasteiger partial charge in [-0.15, -0.1) is 0 Å². The van der Waals surface area contributed by atoms with Crippen LogP contribution in [0.25, 0.3) is 0 Å². The predicted molar refractivity (Wildman–Crippen MR) is 73.1 cm³/mol. The van der Waals surface area contributed by atoms with Gasteiger partial charge in [-0.3, -0.25) is 4.79 Å². The molecule has 0 aromatic heterocycles. The van der Waals surface area contributed by atoms with Crippen molar-refractivity contribution in [3.05, 3.63) is 28.0 Å². The molecule has 1 aromatic carbocycles. The smallest absolute Gasteiger partial charge is 0.321 e. The molecule has 0 aliphatic rings. The van der Waals surface area contributed by atoms with Crippen molar-refractivity contribution in [2.75, 3.05) is 0 Å². The minimum atomic E-state index is -4.27. The van der Waals surface area contributed by atoms with Crippen molar-refractivity contribution >= 4 is 39.2 Å². The van der Waals surface area contributed by atoms with Crippen molar-refractivity contribution in [1.82, 2.24) is 4.72 Å². The molecule has 0 radical (unpaired) electrons. The van der Waals surface area contributed by atoms with Gasteiger partial charge in [-0.1, -0.05) is 36.5 Å². The molecule has 9 heteroatoms. The fourth-order valence-corrected chi connectivity index (χ4v) is 3.97. The normalized spacial score (nSPS) is 13.2. The van der Waals surface area contributed by atoms with Crippen LogP contribution >= 0.6 is 23.2 Å². The Labute approximate surface area is 125 Å². The first-order valence-corrected chi connectivity index (χ1v) is 7.82. The van der Waals surface area contributed by atoms with E-state index in [2.05, 4.69) is 0 Å². The number of rotatable bonds is 6. The van der Waals surface area contributed by atoms with Crippen LogP contribution in [0.1, 0.15) is 19.8 Å². The Morgan fingerprint density at radius 1 is 1.40 bits per heavy atom. The van der Waals surface area contributed by atoms with Gasteiger partial charge in [0, 0.05) is 0 Å². The molecule has 0 amide bonds. The molecule has 20 heavy (non-hydrogen) atoms. The summed E-state index contributed by atoms with van der Waals surface area (Å²) in [6.07, 6.45) is 0.565. The number of carboxylic acid groups (broad SMARTS) is 1. The van der Waals surface area contributed by atoms with Gasteiger partial charge in [0.2, 0.25) is 10.0 Å². The summed E-state index contributed by atoms with van der Waals surface area (Å²) >= 11 is 11.3. The largest absolute Gasteiger partial charge is 0.480 e. The van der Waals surface area contributed by atoms with Crippen LogP contribution in [-0.2, 0) is 14.8 Å². The molecular weight excluding hydrogens is 332 g/mol. The van der Waals surface area contributed by atoms with Crippen LogP contribution in [-0.4, -0.2) is 25.5 Å². The maximum absolute atomic E-state index is 13.0. The Kier molecular flexibility index (Phi) is 5.76. The molecule has 0 aliphatic carbocycles. The molecule has 0 spiro atoms. The summed E-state index contributed by atoms with van der Waals surface area (Å²) < 4.78 is 39.2. The molecule has 5 nitrogen and oxygen atoms in total. The van der Waals surface area contributed by atoms with Crippen LogP contribution in [0.4, 0.5) is 4.39 Å². The molecule has 0 fully saturated rings. The highest BCUT2D eigenvalue weighted by molar-refractivity contribution is 7.89. The number of aliphatic carboxylic acids is 1. The second kappa shape index (κ2) is 6.71. The molecule has 112 valence electrons. The Balaban J connectivity index is 3.20. The average molecular weight is 344 g/mol. The molecular formula is C11H12Cl2FNO4S. The number of sulfonamides is 1. The van der Waals surface area contributed by atoms with E-state index in [1.807, 2.05) is 4.72 Å². The Bertz CT molecular complexity index is 598. The second-order valence-electron chi connectivity index (χ2n) is 4.00. The van der Waals surface area contributed by atoms with Gasteiger partial charge in [-0.25, -0.2) is 12.8 Å². The van der Waals surface area contributed by atoms with E-state index in [4.69, 9.17) is 28.3 Å². The summed E-state index contributed by atoms with van der Waals surface area (Å²) in [6, 6.07) is 0.275. The van der Waals surface area contributed by atoms with E-state index < -0.39 is 42.8 Å². The Hall–Kier alpha value is -0.890. The van der Waals surface area contributed by atoms with Gasteiger partial charge < -0.3 is 5.11 Å². The first kappa shape index (κ1) is 17.2. The third-order valence-corrected chi connectivity index (χ3v) is 4.80. The van der Waals surface area contributed by atoms with E-state index in [-0.39, 0.29) is 6.42 Å². The van der Waals surface area contributed by atoms with Gasteiger partial charge in [0.05, 0.1) is 10.0 Å². The SMILES string of the molecule is CCCC(NS(=O)(=O)c1c(Cl)cc(F)cc1Cl)C(=O)O. The summed E-state index contributed by atoms with van der Waals surface area (Å²) in [5.74, 6) is -2.10. The highest BCUT2D eigenvalue weighted by atomic mass is 35.5. The fraction of sp³-hybridized carbons (Fsp3) is 0.364. The topological polar surface area (TPSA) is 83.5 Å². The summed E-state index contributed by atoms with van der Waals surface area (Å²) in [4.78, 5) is 10.4. The molecule has 1 unspecified atom stereocenters. The van der Waals surface area contributed by atoms with Crippen molar-refractivity contribution < 1.29 is 22.7 Å². The first-order valence-electron chi connectivity index (χ1n) is 5.58. The lowest BCUT2D eigenvalue weighted by Crippen LogP contribution is -2.40. The van der Waals surface area contributed by atoms with Crippen LogP contribution in [0.15, 0.2) is 17.0 Å². The predicted octanol–water partition coefficient (Wildman–Crippen LogP) is 2.66. The van der Waals surface area contributed by atoms with Crippen molar-refractivity contribution in [3.8, 4) is 0 Å². The quantitative estimate of drug-likeness (QED) is 0.831. The second-order valence-corrected chi connectivity index (χ2v) is 6.46. The molecule has 0 saturated heterocycles. The van der Waals surface area contributed by atoms with Crippen LogP contribution in [0.3, 0.4) is 0 Å². The van der Waals surface area contributed by atoms with Crippen molar-refractivity contribution in [2.24, 2.45) is 0 Å². The number of carbonyl (C=O) groups is 1. The van der Waals surface area contributed by atoms with Crippen LogP contribution in [0, 0.1) is 5.82 Å². The van der Waals surface area contributed by atoms with E-state index in [1.165, 1.54) is 0 Å². The highest BCUT2D eigenvalue weighted by Crippen LogP contribution is 2.30. The highest BCUT2D eigenvalue weighted by Gasteiger charge is 2.28. The molecule has 0 saturated carbocycles. The lowest BCUT2D eigenvalue weighted by molar-refractivity contribution is -0.139. The van der Waals surface area contributed by atoms with E-state index in [0.717, 1.165) is 12.1 Å². The lowest BCUT2D eigenvalue weighted by atomic mass is 10.2. The van der Waals surface area contributed by atoms with Gasteiger partial charge in [0.15, 0.2) is 0 Å². The number of halogens is 3. The minimum absolute atomic E-state index is 0.102. The summed E-state index contributed by atoms with van der Waals surface area (Å²) in [7, 11) is -4.27. The molecule has 1 atom stereocenters. The number of hydrogen-bond donors (Lipinski definition) is 2. The summed E-state index contributed by atoms with van der Waals surface area (Å²) in [5, 5.41) is 8.12. The Morgan fingerprint density at radius 3 is 2.30 bits per heavy atom. The molecule has 0 bridgehead atoms. The Morgan fingerprint density at radius 2 is 1.90 bits per heavy atom. The van der Waals surface area contributed by atoms with Crippen molar-refractivity contribution in [1.29, 1.82) is 0 Å². The monoisotopic (exact) mass is 343 g/mol. The van der Waals surface area contributed by atoms with E-state index >= 15 is 0 Å². The maximum atomic E-state index is 13.0. The zero-order valence-electron chi connectivity index (χ0n) is 10.4. The van der Waals surface area contributed by atoms with Gasteiger partial charge >= 0.3 is 5.97 Å². The summed E-state index contributed by atoms with van der Waals surface area (Å²) in [6.45, 7) is 1.71. The van der Waals surface area contributed by atoms with Gasteiger partial charge in [0.25, 0.3) is 0 Å². The fourth-order valence-electron chi connectivity index (χ4n) is 1.55. The standard InChI is InChI=1S/C11H12Cl2FNO4S/c1-2-3-9(11(16)17)15-20(18,19)10-7(12)4-6(14)5-8(10)13/h4-5,9,15H,2-3H2,1H3,(H,16,17). The minimum Gasteiger partial charge on any atom is -0.480 e. The molecule has 1 rings (SSSR count). The molecule has 1 aromatic rings. The van der Waals surface area contributed by atoms with E-state index in [1.54, 1.807) is 6.92 Å². The number of carboxylic acids is 1. The zero-order valence-corrected chi connectivity index (χ0v) is 12.7. The van der Waals surface area contributed by atoms with E-state index in [0.29, 0.717) is 6.42 Å². The number of nitrogens with one attached hydrogen (secondary N) is 1. The van der Waals surface area contributed by atoms with Crippen LogP contribution in [0.5, 0.6) is 0 Å². The molecule has 0 heterocycles.